The van der Waals surface area contributed by atoms with Crippen LogP contribution in [0.4, 0.5) is 5.69 Å². The number of fused-ring (bicyclic) bond motifs is 1. The number of anilines is 1. The van der Waals surface area contributed by atoms with Gasteiger partial charge in [-0.05, 0) is 69.5 Å². The summed E-state index contributed by atoms with van der Waals surface area (Å²) in [6, 6.07) is 29.7. The van der Waals surface area contributed by atoms with E-state index in [-0.39, 0.29) is 29.1 Å². The number of nitrogens with zero attached hydrogens (tertiary/aromatic N) is 2. The number of hydrogen-bond donors (Lipinski definition) is 2. The van der Waals surface area contributed by atoms with E-state index < -0.39 is 0 Å². The molecular formula is C38H41N3O. The van der Waals surface area contributed by atoms with Gasteiger partial charge in [-0.2, -0.15) is 0 Å². The second kappa shape index (κ2) is 10.6. The van der Waals surface area contributed by atoms with E-state index >= 15 is 0 Å². The van der Waals surface area contributed by atoms with E-state index in [0.717, 1.165) is 28.1 Å². The second-order valence-corrected chi connectivity index (χ2v) is 13.5. The highest BCUT2D eigenvalue weighted by molar-refractivity contribution is 5.79. The van der Waals surface area contributed by atoms with E-state index in [0.29, 0.717) is 5.75 Å². The van der Waals surface area contributed by atoms with Crippen LogP contribution in [0.25, 0.3) is 16.8 Å². The zero-order valence-electron chi connectivity index (χ0n) is 25.5. The molecular weight excluding hydrogens is 514 g/mol. The molecule has 0 saturated carbocycles. The lowest BCUT2D eigenvalue weighted by Crippen LogP contribution is -2.37. The van der Waals surface area contributed by atoms with Crippen LogP contribution in [0.5, 0.6) is 5.75 Å². The molecule has 214 valence electrons. The van der Waals surface area contributed by atoms with Gasteiger partial charge in [-0.25, -0.2) is 0 Å². The number of allylic oxidation sites excluding steroid dienone is 2. The van der Waals surface area contributed by atoms with Gasteiger partial charge >= 0.3 is 0 Å². The Kier molecular flexibility index (Phi) is 7.06. The third-order valence-corrected chi connectivity index (χ3v) is 8.52. The molecule has 4 aromatic rings. The predicted molar refractivity (Wildman–Crippen MR) is 175 cm³/mol. The molecule has 42 heavy (non-hydrogen) atoms. The fourth-order valence-electron chi connectivity index (χ4n) is 6.23. The molecule has 2 N–H and O–H groups in total. The minimum Gasteiger partial charge on any atom is -0.507 e. The number of hydrogen-bond acceptors (Lipinski definition) is 4. The van der Waals surface area contributed by atoms with Gasteiger partial charge in [0.25, 0.3) is 0 Å². The number of aromatic hydroxyl groups is 1. The van der Waals surface area contributed by atoms with E-state index in [1.807, 2.05) is 18.3 Å². The Labute approximate surface area is 250 Å². The Balaban J connectivity index is 1.49. The van der Waals surface area contributed by atoms with Crippen LogP contribution in [0.2, 0.25) is 0 Å². The summed E-state index contributed by atoms with van der Waals surface area (Å²) in [5, 5.41) is 15.9. The summed E-state index contributed by atoms with van der Waals surface area (Å²) in [5.41, 5.74) is 8.41. The Hall–Kier alpha value is -4.15. The van der Waals surface area contributed by atoms with Crippen LogP contribution in [0, 0.1) is 0 Å². The molecule has 4 heteroatoms. The van der Waals surface area contributed by atoms with Crippen LogP contribution in [0.1, 0.15) is 70.0 Å². The highest BCUT2D eigenvalue weighted by Crippen LogP contribution is 2.46. The van der Waals surface area contributed by atoms with E-state index in [1.165, 1.54) is 16.7 Å². The minimum absolute atomic E-state index is 0.0231. The van der Waals surface area contributed by atoms with Crippen molar-refractivity contribution in [2.45, 2.75) is 70.6 Å². The smallest absolute Gasteiger partial charge is 0.125 e. The fourth-order valence-corrected chi connectivity index (χ4v) is 6.23. The van der Waals surface area contributed by atoms with E-state index in [1.54, 1.807) is 0 Å². The maximum absolute atomic E-state index is 11.9. The van der Waals surface area contributed by atoms with Crippen LogP contribution in [0.15, 0.2) is 109 Å². The molecule has 0 amide bonds. The summed E-state index contributed by atoms with van der Waals surface area (Å²) >= 11 is 0. The molecule has 2 aliphatic rings. The van der Waals surface area contributed by atoms with Gasteiger partial charge < -0.3 is 10.0 Å². The van der Waals surface area contributed by atoms with Crippen LogP contribution >= 0.6 is 0 Å². The van der Waals surface area contributed by atoms with Gasteiger partial charge in [0.1, 0.15) is 11.9 Å². The highest BCUT2D eigenvalue weighted by Gasteiger charge is 2.44. The van der Waals surface area contributed by atoms with Crippen LogP contribution in [-0.2, 0) is 10.8 Å². The number of phenolic OH excluding ortho intramolecular Hbond substituents is 1. The summed E-state index contributed by atoms with van der Waals surface area (Å²) in [6.07, 6.45) is 8.30. The Morgan fingerprint density at radius 2 is 1.52 bits per heavy atom. The van der Waals surface area contributed by atoms with Crippen molar-refractivity contribution in [1.82, 2.24) is 10.3 Å². The number of pyridine rings is 1. The maximum Gasteiger partial charge on any atom is 0.125 e. The first-order valence-corrected chi connectivity index (χ1v) is 14.9. The molecule has 0 spiro atoms. The highest BCUT2D eigenvalue weighted by atomic mass is 16.3. The molecule has 4 nitrogen and oxygen atoms in total. The number of rotatable bonds is 4. The molecule has 3 aromatic carbocycles. The molecule has 3 unspecified atom stereocenters. The maximum atomic E-state index is 11.9. The summed E-state index contributed by atoms with van der Waals surface area (Å²) in [6.45, 7) is 13.2. The van der Waals surface area contributed by atoms with E-state index in [9.17, 15) is 5.11 Å². The molecule has 1 aliphatic carbocycles. The van der Waals surface area contributed by atoms with Crippen molar-refractivity contribution in [3.8, 4) is 17.0 Å². The summed E-state index contributed by atoms with van der Waals surface area (Å²) in [7, 11) is 0. The summed E-state index contributed by atoms with van der Waals surface area (Å²) in [4.78, 5) is 7.02. The van der Waals surface area contributed by atoms with Crippen LogP contribution < -0.4 is 10.2 Å². The van der Waals surface area contributed by atoms with Gasteiger partial charge in [0.15, 0.2) is 0 Å². The molecule has 6 rings (SSSR count). The first-order chi connectivity index (χ1) is 20.0. The Morgan fingerprint density at radius 3 is 2.21 bits per heavy atom. The number of benzene rings is 3. The van der Waals surface area contributed by atoms with Crippen molar-refractivity contribution in [3.05, 3.63) is 132 Å². The molecule has 1 fully saturated rings. The minimum atomic E-state index is -0.226. The van der Waals surface area contributed by atoms with Gasteiger partial charge in [-0.3, -0.25) is 10.3 Å². The summed E-state index contributed by atoms with van der Waals surface area (Å²) in [5.74, 6) is 0.374. The number of phenols is 1. The monoisotopic (exact) mass is 555 g/mol. The van der Waals surface area contributed by atoms with Crippen molar-refractivity contribution >= 4 is 11.3 Å². The lowest BCUT2D eigenvalue weighted by atomic mass is 9.78. The number of para-hydroxylation sites is 1. The lowest BCUT2D eigenvalue weighted by molar-refractivity contribution is 0.428. The van der Waals surface area contributed by atoms with Crippen LogP contribution in [0.3, 0.4) is 0 Å². The average molecular weight is 556 g/mol. The normalized spacial score (nSPS) is 20.4. The molecule has 0 bridgehead atoms. The zero-order valence-corrected chi connectivity index (χ0v) is 25.5. The van der Waals surface area contributed by atoms with Gasteiger partial charge in [0.05, 0.1) is 17.8 Å². The second-order valence-electron chi connectivity index (χ2n) is 13.5. The third kappa shape index (κ3) is 5.16. The van der Waals surface area contributed by atoms with E-state index in [2.05, 4.69) is 148 Å². The van der Waals surface area contributed by atoms with Gasteiger partial charge in [-0.1, -0.05) is 108 Å². The van der Waals surface area contributed by atoms with Crippen molar-refractivity contribution in [3.63, 3.8) is 0 Å². The molecule has 2 heterocycles. The number of aromatic nitrogens is 1. The van der Waals surface area contributed by atoms with Gasteiger partial charge in [0.2, 0.25) is 0 Å². The first-order valence-electron chi connectivity index (χ1n) is 14.9. The largest absolute Gasteiger partial charge is 0.507 e. The van der Waals surface area contributed by atoms with Crippen molar-refractivity contribution in [2.75, 3.05) is 4.90 Å². The predicted octanol–water partition coefficient (Wildman–Crippen LogP) is 8.55. The topological polar surface area (TPSA) is 48.4 Å². The van der Waals surface area contributed by atoms with Crippen molar-refractivity contribution < 1.29 is 5.11 Å². The fraction of sp³-hybridized carbons (Fsp3) is 0.289. The molecule has 0 radical (unpaired) electrons. The van der Waals surface area contributed by atoms with Crippen molar-refractivity contribution in [2.24, 2.45) is 0 Å². The summed E-state index contributed by atoms with van der Waals surface area (Å²) < 4.78 is 0. The average Bonchev–Trinajstić information content (AvgIpc) is 3.36. The van der Waals surface area contributed by atoms with Gasteiger partial charge in [0, 0.05) is 23.0 Å². The molecule has 1 aromatic heterocycles. The van der Waals surface area contributed by atoms with Crippen molar-refractivity contribution in [1.29, 1.82) is 0 Å². The van der Waals surface area contributed by atoms with Gasteiger partial charge in [-0.15, -0.1) is 0 Å². The molecule has 1 saturated heterocycles. The van der Waals surface area contributed by atoms with Crippen LogP contribution in [-0.4, -0.2) is 22.2 Å². The quantitative estimate of drug-likeness (QED) is 0.265. The Bertz CT molecular complexity index is 1640. The van der Waals surface area contributed by atoms with E-state index in [4.69, 9.17) is 0 Å². The molecule has 1 aliphatic heterocycles. The third-order valence-electron chi connectivity index (χ3n) is 8.52. The lowest BCUT2D eigenvalue weighted by Gasteiger charge is -2.34. The zero-order chi connectivity index (χ0) is 29.6. The Morgan fingerprint density at radius 1 is 0.786 bits per heavy atom. The standard InChI is InChI=1S/C38H41N3O/c1-37(2,3)27-23-30(35(42)31(24-27)38(4,5)6)36-40-34-29(18-13-20-33(34)41(36)28-16-8-7-9-17-28)25-14-12-15-26(22-25)32-19-10-11-21-39-32/h7-24,33-34,36,40,42H,1-6H3. The number of nitrogens with one attached hydrogen (secondary N) is 1. The molecule has 3 atom stereocenters. The first kappa shape index (κ1) is 28.0. The SMILES string of the molecule is CC(C)(C)c1cc(C2NC3C(c4cccc(-c5ccccn5)c4)=CC=CC3N2c2ccccc2)c(O)c(C(C)(C)C)c1.